The summed E-state index contributed by atoms with van der Waals surface area (Å²) in [7, 11) is 1.64. The van der Waals surface area contributed by atoms with Crippen molar-refractivity contribution < 1.29 is 19.0 Å². The minimum absolute atomic E-state index is 0.190. The fourth-order valence-electron chi connectivity index (χ4n) is 2.74. The number of hydrogen-bond donors (Lipinski definition) is 1. The number of carbonyl (C=O) groups is 1. The number of benzene rings is 2. The molecule has 0 saturated carbocycles. The summed E-state index contributed by atoms with van der Waals surface area (Å²) in [4.78, 5) is 16.8. The topological polar surface area (TPSA) is 69.7 Å². The molecule has 0 saturated heterocycles. The summed E-state index contributed by atoms with van der Waals surface area (Å²) in [5.41, 5.74) is 2.50. The second-order valence-corrected chi connectivity index (χ2v) is 6.96. The highest BCUT2D eigenvalue weighted by Gasteiger charge is 2.15. The second kappa shape index (κ2) is 7.67. The standard InChI is InChI=1S/C20H18N2O4S/c1-24-15-5-2-13(3-6-15)9-19-22-16(11-27-19)20(23)21-10-14-4-7-17-18(8-14)26-12-25-17/h2-8,11H,9-10,12H2,1H3,(H,21,23). The molecular weight excluding hydrogens is 364 g/mol. The van der Waals surface area contributed by atoms with Crippen LogP contribution in [-0.4, -0.2) is 24.8 Å². The van der Waals surface area contributed by atoms with Gasteiger partial charge in [0, 0.05) is 18.3 Å². The Morgan fingerprint density at radius 3 is 2.74 bits per heavy atom. The highest BCUT2D eigenvalue weighted by molar-refractivity contribution is 7.09. The molecule has 1 aromatic heterocycles. The number of fused-ring (bicyclic) bond motifs is 1. The lowest BCUT2D eigenvalue weighted by Gasteiger charge is -2.05. The summed E-state index contributed by atoms with van der Waals surface area (Å²) >= 11 is 1.48. The Morgan fingerprint density at radius 1 is 1.15 bits per heavy atom. The SMILES string of the molecule is COc1ccc(Cc2nc(C(=O)NCc3ccc4c(c3)OCO4)cs2)cc1. The van der Waals surface area contributed by atoms with Crippen molar-refractivity contribution in [2.75, 3.05) is 13.9 Å². The first-order valence-corrected chi connectivity index (χ1v) is 9.33. The number of nitrogens with one attached hydrogen (secondary N) is 1. The Hall–Kier alpha value is -3.06. The van der Waals surface area contributed by atoms with Crippen molar-refractivity contribution in [3.05, 3.63) is 69.7 Å². The zero-order valence-corrected chi connectivity index (χ0v) is 15.5. The predicted molar refractivity (Wildman–Crippen MR) is 102 cm³/mol. The maximum absolute atomic E-state index is 12.4. The van der Waals surface area contributed by atoms with Crippen molar-refractivity contribution >= 4 is 17.2 Å². The van der Waals surface area contributed by atoms with E-state index in [0.29, 0.717) is 24.4 Å². The van der Waals surface area contributed by atoms with Crippen molar-refractivity contribution in [1.82, 2.24) is 10.3 Å². The van der Waals surface area contributed by atoms with E-state index in [4.69, 9.17) is 14.2 Å². The van der Waals surface area contributed by atoms with Crippen LogP contribution in [-0.2, 0) is 13.0 Å². The maximum atomic E-state index is 12.4. The van der Waals surface area contributed by atoms with Gasteiger partial charge in [-0.2, -0.15) is 0 Å². The van der Waals surface area contributed by atoms with E-state index in [1.807, 2.05) is 42.5 Å². The van der Waals surface area contributed by atoms with Crippen LogP contribution in [0, 0.1) is 0 Å². The lowest BCUT2D eigenvalue weighted by atomic mass is 10.1. The second-order valence-electron chi connectivity index (χ2n) is 6.02. The van der Waals surface area contributed by atoms with Gasteiger partial charge < -0.3 is 19.5 Å². The number of thiazole rings is 1. The Balaban J connectivity index is 1.35. The third kappa shape index (κ3) is 4.03. The molecule has 0 fully saturated rings. The van der Waals surface area contributed by atoms with E-state index in [1.54, 1.807) is 12.5 Å². The van der Waals surface area contributed by atoms with Crippen LogP contribution in [0.25, 0.3) is 0 Å². The lowest BCUT2D eigenvalue weighted by Crippen LogP contribution is -2.23. The van der Waals surface area contributed by atoms with Gasteiger partial charge in [-0.15, -0.1) is 11.3 Å². The molecule has 1 N–H and O–H groups in total. The van der Waals surface area contributed by atoms with Gasteiger partial charge in [-0.3, -0.25) is 4.79 Å². The quantitative estimate of drug-likeness (QED) is 0.708. The van der Waals surface area contributed by atoms with Crippen molar-refractivity contribution in [3.8, 4) is 17.2 Å². The smallest absolute Gasteiger partial charge is 0.271 e. The van der Waals surface area contributed by atoms with Gasteiger partial charge in [-0.25, -0.2) is 4.98 Å². The number of ether oxygens (including phenoxy) is 3. The molecule has 0 spiro atoms. The van der Waals surface area contributed by atoms with Crippen LogP contribution in [0.1, 0.15) is 26.6 Å². The van der Waals surface area contributed by atoms with E-state index in [2.05, 4.69) is 10.3 Å². The van der Waals surface area contributed by atoms with Gasteiger partial charge in [-0.05, 0) is 35.4 Å². The van der Waals surface area contributed by atoms with Crippen LogP contribution in [0.5, 0.6) is 17.2 Å². The zero-order chi connectivity index (χ0) is 18.6. The number of aromatic nitrogens is 1. The van der Waals surface area contributed by atoms with Gasteiger partial charge in [0.1, 0.15) is 11.4 Å². The first kappa shape index (κ1) is 17.4. The van der Waals surface area contributed by atoms with E-state index in [1.165, 1.54) is 11.3 Å². The molecule has 2 heterocycles. The Kier molecular flexibility index (Phi) is 4.93. The van der Waals surface area contributed by atoms with Crippen LogP contribution in [0.4, 0.5) is 0 Å². The zero-order valence-electron chi connectivity index (χ0n) is 14.7. The molecule has 27 heavy (non-hydrogen) atoms. The largest absolute Gasteiger partial charge is 0.497 e. The number of hydrogen-bond acceptors (Lipinski definition) is 6. The highest BCUT2D eigenvalue weighted by Crippen LogP contribution is 2.32. The summed E-state index contributed by atoms with van der Waals surface area (Å²) in [6.07, 6.45) is 0.685. The van der Waals surface area contributed by atoms with Crippen molar-refractivity contribution in [3.63, 3.8) is 0 Å². The molecule has 0 atom stereocenters. The Morgan fingerprint density at radius 2 is 1.93 bits per heavy atom. The van der Waals surface area contributed by atoms with Gasteiger partial charge in [0.2, 0.25) is 6.79 Å². The third-order valence-corrected chi connectivity index (χ3v) is 5.04. The van der Waals surface area contributed by atoms with Gasteiger partial charge >= 0.3 is 0 Å². The van der Waals surface area contributed by atoms with Gasteiger partial charge in [0.25, 0.3) is 5.91 Å². The monoisotopic (exact) mass is 382 g/mol. The van der Waals surface area contributed by atoms with Crippen LogP contribution in [0.2, 0.25) is 0 Å². The summed E-state index contributed by atoms with van der Waals surface area (Å²) in [5, 5.41) is 5.57. The number of amides is 1. The maximum Gasteiger partial charge on any atom is 0.271 e. The first-order chi connectivity index (χ1) is 13.2. The van der Waals surface area contributed by atoms with E-state index in [9.17, 15) is 4.79 Å². The molecule has 1 amide bonds. The summed E-state index contributed by atoms with van der Waals surface area (Å²) in [6.45, 7) is 0.641. The predicted octanol–water partition coefficient (Wildman–Crippen LogP) is 3.40. The Bertz CT molecular complexity index is 953. The molecule has 3 aromatic rings. The summed E-state index contributed by atoms with van der Waals surface area (Å²) in [5.74, 6) is 2.07. The molecule has 2 aromatic carbocycles. The van der Waals surface area contributed by atoms with E-state index >= 15 is 0 Å². The molecule has 0 aliphatic carbocycles. The number of methoxy groups -OCH3 is 1. The minimum atomic E-state index is -0.190. The molecule has 0 bridgehead atoms. The fourth-order valence-corrected chi connectivity index (χ4v) is 3.55. The van der Waals surface area contributed by atoms with Crippen molar-refractivity contribution in [2.45, 2.75) is 13.0 Å². The number of carbonyl (C=O) groups excluding carboxylic acids is 1. The van der Waals surface area contributed by atoms with E-state index < -0.39 is 0 Å². The third-order valence-electron chi connectivity index (χ3n) is 4.19. The van der Waals surface area contributed by atoms with Crippen LogP contribution in [0.3, 0.4) is 0 Å². The van der Waals surface area contributed by atoms with Gasteiger partial charge in [0.05, 0.1) is 12.1 Å². The number of nitrogens with zero attached hydrogens (tertiary/aromatic N) is 1. The fraction of sp³-hybridized carbons (Fsp3) is 0.200. The first-order valence-electron chi connectivity index (χ1n) is 8.45. The average molecular weight is 382 g/mol. The minimum Gasteiger partial charge on any atom is -0.497 e. The van der Waals surface area contributed by atoms with E-state index in [-0.39, 0.29) is 12.7 Å². The molecule has 1 aliphatic rings. The normalized spacial score (nSPS) is 12.0. The molecule has 1 aliphatic heterocycles. The Labute approximate surface area is 160 Å². The highest BCUT2D eigenvalue weighted by atomic mass is 32.1. The van der Waals surface area contributed by atoms with Crippen LogP contribution in [0.15, 0.2) is 47.8 Å². The van der Waals surface area contributed by atoms with Crippen molar-refractivity contribution in [2.24, 2.45) is 0 Å². The molecule has 0 radical (unpaired) electrons. The van der Waals surface area contributed by atoms with Crippen LogP contribution >= 0.6 is 11.3 Å². The molecule has 138 valence electrons. The number of rotatable bonds is 6. The summed E-state index contributed by atoms with van der Waals surface area (Å²) in [6, 6.07) is 13.5. The van der Waals surface area contributed by atoms with Crippen LogP contribution < -0.4 is 19.5 Å². The van der Waals surface area contributed by atoms with Gasteiger partial charge in [-0.1, -0.05) is 18.2 Å². The molecule has 6 nitrogen and oxygen atoms in total. The molecule has 7 heteroatoms. The van der Waals surface area contributed by atoms with Crippen molar-refractivity contribution in [1.29, 1.82) is 0 Å². The average Bonchev–Trinajstić information content (AvgIpc) is 3.35. The molecule has 0 unspecified atom stereocenters. The summed E-state index contributed by atoms with van der Waals surface area (Å²) < 4.78 is 15.8. The molecular formula is C20H18N2O4S. The lowest BCUT2D eigenvalue weighted by molar-refractivity contribution is 0.0946. The molecule has 4 rings (SSSR count). The van der Waals surface area contributed by atoms with E-state index in [0.717, 1.165) is 27.6 Å². The van der Waals surface area contributed by atoms with Gasteiger partial charge in [0.15, 0.2) is 11.5 Å².